The Bertz CT molecular complexity index is 905. The van der Waals surface area contributed by atoms with Gasteiger partial charge < -0.3 is 9.84 Å². The van der Waals surface area contributed by atoms with E-state index in [0.717, 1.165) is 38.5 Å². The van der Waals surface area contributed by atoms with Crippen molar-refractivity contribution < 1.29 is 29.0 Å². The van der Waals surface area contributed by atoms with E-state index in [1.54, 1.807) is 6.92 Å². The zero-order chi connectivity index (χ0) is 24.7. The molecule has 3 fully saturated rings. The molecule has 0 heterocycles. The minimum Gasteiger partial charge on any atom is -0.450 e. The van der Waals surface area contributed by atoms with Gasteiger partial charge in [-0.25, -0.2) is 0 Å². The summed E-state index contributed by atoms with van der Waals surface area (Å²) < 4.78 is 6.11. The monoisotopic (exact) mass is 472 g/mol. The lowest BCUT2D eigenvalue weighted by molar-refractivity contribution is -0.189. The number of hydrogen-bond acceptors (Lipinski definition) is 6. The fraction of sp³-hybridized carbons (Fsp3) is 0.786. The second-order valence-corrected chi connectivity index (χ2v) is 11.7. The third-order valence-corrected chi connectivity index (χ3v) is 10.2. The topological polar surface area (TPSA) is 97.7 Å². The molecule has 1 N–H and O–H groups in total. The number of esters is 1. The Morgan fingerprint density at radius 2 is 1.71 bits per heavy atom. The van der Waals surface area contributed by atoms with Gasteiger partial charge in [-0.1, -0.05) is 19.4 Å². The van der Waals surface area contributed by atoms with E-state index in [1.165, 1.54) is 5.57 Å². The molecule has 0 bridgehead atoms. The first-order valence-electron chi connectivity index (χ1n) is 13.2. The first kappa shape index (κ1) is 25.3. The van der Waals surface area contributed by atoms with Crippen LogP contribution in [0.4, 0.5) is 0 Å². The summed E-state index contributed by atoms with van der Waals surface area (Å²) in [5.41, 5.74) is -0.0388. The Morgan fingerprint density at radius 3 is 2.41 bits per heavy atom. The number of ketones is 3. The van der Waals surface area contributed by atoms with Crippen LogP contribution in [0.5, 0.6) is 0 Å². The molecule has 0 aromatic heterocycles. The Hall–Kier alpha value is -1.82. The molecule has 0 aromatic rings. The highest BCUT2D eigenvalue weighted by Gasteiger charge is 2.67. The van der Waals surface area contributed by atoms with E-state index in [4.69, 9.17) is 9.84 Å². The van der Waals surface area contributed by atoms with Crippen molar-refractivity contribution in [3.8, 4) is 0 Å². The lowest BCUT2D eigenvalue weighted by atomic mass is 9.46. The SMILES string of the molecule is CC(=O)[C@@]1(OC(=O)CCCCC(=O)CO)CC[C@H]2[C@@H]3CCC4=CC(=O)CC[C@]4(C)[C@H]3CC[C@@]21C. The summed E-state index contributed by atoms with van der Waals surface area (Å²) in [5.74, 6) is 0.961. The number of fused-ring (bicyclic) bond motifs is 5. The molecular weight excluding hydrogens is 432 g/mol. The van der Waals surface area contributed by atoms with Gasteiger partial charge in [0, 0.05) is 24.7 Å². The molecule has 6 heteroatoms. The molecular formula is C28H40O6. The number of carbonyl (C=O) groups is 4. The van der Waals surface area contributed by atoms with Gasteiger partial charge in [0.2, 0.25) is 0 Å². The van der Waals surface area contributed by atoms with Gasteiger partial charge in [-0.15, -0.1) is 0 Å². The normalized spacial score (nSPS) is 38.9. The van der Waals surface area contributed by atoms with Crippen molar-refractivity contribution in [2.24, 2.45) is 28.6 Å². The highest BCUT2D eigenvalue weighted by molar-refractivity contribution is 5.92. The number of unbranched alkanes of at least 4 members (excludes halogenated alkanes) is 1. The van der Waals surface area contributed by atoms with Gasteiger partial charge in [-0.2, -0.15) is 0 Å². The average molecular weight is 473 g/mol. The fourth-order valence-corrected chi connectivity index (χ4v) is 8.29. The van der Waals surface area contributed by atoms with E-state index in [-0.39, 0.29) is 47.0 Å². The molecule has 0 spiro atoms. The van der Waals surface area contributed by atoms with E-state index in [9.17, 15) is 19.2 Å². The lowest BCUT2D eigenvalue weighted by Gasteiger charge is -2.59. The first-order chi connectivity index (χ1) is 16.1. The van der Waals surface area contributed by atoms with Crippen LogP contribution >= 0.6 is 0 Å². The second-order valence-electron chi connectivity index (χ2n) is 11.7. The lowest BCUT2D eigenvalue weighted by Crippen LogP contribution is -2.58. The molecule has 4 aliphatic carbocycles. The number of Topliss-reactive ketones (excluding diaryl/α,β-unsaturated/α-hetero) is 2. The maximum absolute atomic E-state index is 13.1. The Labute approximate surface area is 202 Å². The predicted octanol–water partition coefficient (Wildman–Crippen LogP) is 4.51. The highest BCUT2D eigenvalue weighted by Crippen LogP contribution is 2.68. The minimum atomic E-state index is -1.07. The summed E-state index contributed by atoms with van der Waals surface area (Å²) in [5, 5.41) is 8.84. The Morgan fingerprint density at radius 1 is 1.00 bits per heavy atom. The van der Waals surface area contributed by atoms with Crippen LogP contribution in [0.15, 0.2) is 11.6 Å². The summed E-state index contributed by atoms with van der Waals surface area (Å²) in [6, 6.07) is 0. The molecule has 0 aromatic carbocycles. The van der Waals surface area contributed by atoms with Gasteiger partial charge in [0.1, 0.15) is 6.61 Å². The van der Waals surface area contributed by atoms with E-state index in [1.807, 2.05) is 6.08 Å². The molecule has 0 radical (unpaired) electrons. The molecule has 0 aliphatic heterocycles. The Kier molecular flexibility index (Phi) is 6.93. The molecule has 3 saturated carbocycles. The maximum atomic E-state index is 13.1. The Balaban J connectivity index is 1.50. The van der Waals surface area contributed by atoms with Crippen molar-refractivity contribution in [1.82, 2.24) is 0 Å². The summed E-state index contributed by atoms with van der Waals surface area (Å²) in [7, 11) is 0. The van der Waals surface area contributed by atoms with E-state index in [2.05, 4.69) is 13.8 Å². The molecule has 188 valence electrons. The smallest absolute Gasteiger partial charge is 0.306 e. The van der Waals surface area contributed by atoms with Gasteiger partial charge in [0.05, 0.1) is 0 Å². The maximum Gasteiger partial charge on any atom is 0.306 e. The number of aliphatic hydroxyl groups excluding tert-OH is 1. The number of rotatable bonds is 8. The molecule has 0 amide bonds. The van der Waals surface area contributed by atoms with Crippen LogP contribution in [0.3, 0.4) is 0 Å². The van der Waals surface area contributed by atoms with Gasteiger partial charge in [0.25, 0.3) is 0 Å². The predicted molar refractivity (Wildman–Crippen MR) is 127 cm³/mol. The quantitative estimate of drug-likeness (QED) is 0.412. The molecule has 34 heavy (non-hydrogen) atoms. The minimum absolute atomic E-state index is 0.0503. The third kappa shape index (κ3) is 4.00. The van der Waals surface area contributed by atoms with Crippen molar-refractivity contribution in [2.45, 2.75) is 103 Å². The summed E-state index contributed by atoms with van der Waals surface area (Å²) >= 11 is 0. The van der Waals surface area contributed by atoms with Crippen LogP contribution in [0.25, 0.3) is 0 Å². The second kappa shape index (κ2) is 9.33. The molecule has 0 saturated heterocycles. The van der Waals surface area contributed by atoms with Crippen LogP contribution in [0.1, 0.15) is 97.8 Å². The zero-order valence-corrected chi connectivity index (χ0v) is 21.0. The van der Waals surface area contributed by atoms with Crippen LogP contribution < -0.4 is 0 Å². The van der Waals surface area contributed by atoms with E-state index < -0.39 is 12.2 Å². The van der Waals surface area contributed by atoms with Crippen molar-refractivity contribution in [1.29, 1.82) is 0 Å². The number of ether oxygens (including phenoxy) is 1. The van der Waals surface area contributed by atoms with Crippen molar-refractivity contribution in [3.05, 3.63) is 11.6 Å². The molecule has 6 atom stereocenters. The third-order valence-electron chi connectivity index (χ3n) is 10.2. The molecule has 6 nitrogen and oxygen atoms in total. The van der Waals surface area contributed by atoms with E-state index in [0.29, 0.717) is 43.4 Å². The van der Waals surface area contributed by atoms with Crippen molar-refractivity contribution >= 4 is 23.3 Å². The standard InChI is InChI=1S/C28H40O6/c1-18(30)28(34-25(33)7-5-4-6-21(32)17-29)15-12-24-22-9-8-19-16-20(31)10-13-26(19,2)23(22)11-14-27(24,28)3/h16,22-24,29H,4-15,17H2,1-3H3/t22-,23+,24+,26+,27+,28+/m1/s1. The first-order valence-corrected chi connectivity index (χ1v) is 13.2. The van der Waals surface area contributed by atoms with Gasteiger partial charge in [-0.05, 0) is 94.0 Å². The van der Waals surface area contributed by atoms with Crippen molar-refractivity contribution in [2.75, 3.05) is 6.61 Å². The van der Waals surface area contributed by atoms with Crippen LogP contribution in [0.2, 0.25) is 0 Å². The molecule has 4 rings (SSSR count). The fourth-order valence-electron chi connectivity index (χ4n) is 8.29. The van der Waals surface area contributed by atoms with Crippen LogP contribution in [-0.4, -0.2) is 40.6 Å². The number of carbonyl (C=O) groups excluding carboxylic acids is 4. The van der Waals surface area contributed by atoms with Gasteiger partial charge in [-0.3, -0.25) is 19.2 Å². The molecule has 4 aliphatic rings. The van der Waals surface area contributed by atoms with Gasteiger partial charge in [0.15, 0.2) is 23.0 Å². The molecule has 0 unspecified atom stereocenters. The highest BCUT2D eigenvalue weighted by atomic mass is 16.6. The van der Waals surface area contributed by atoms with E-state index >= 15 is 0 Å². The summed E-state index contributed by atoms with van der Waals surface area (Å²) in [4.78, 5) is 49.3. The number of aliphatic hydroxyl groups is 1. The van der Waals surface area contributed by atoms with Crippen LogP contribution in [-0.2, 0) is 23.9 Å². The average Bonchev–Trinajstić information content (AvgIpc) is 3.10. The van der Waals surface area contributed by atoms with Gasteiger partial charge >= 0.3 is 5.97 Å². The number of hydrogen-bond donors (Lipinski definition) is 1. The van der Waals surface area contributed by atoms with Crippen molar-refractivity contribution in [3.63, 3.8) is 0 Å². The zero-order valence-electron chi connectivity index (χ0n) is 21.0. The van der Waals surface area contributed by atoms with Crippen LogP contribution in [0, 0.1) is 28.6 Å². The summed E-state index contributed by atoms with van der Waals surface area (Å²) in [6.07, 6.45) is 10.3. The number of allylic oxidation sites excluding steroid dienone is 1. The largest absolute Gasteiger partial charge is 0.450 e. The summed E-state index contributed by atoms with van der Waals surface area (Å²) in [6.45, 7) is 5.63.